The van der Waals surface area contributed by atoms with E-state index in [1.165, 1.54) is 5.56 Å². The van der Waals surface area contributed by atoms with Crippen molar-refractivity contribution in [2.45, 2.75) is 17.8 Å². The normalized spacial score (nSPS) is 10.8. The van der Waals surface area contributed by atoms with Gasteiger partial charge in [0.1, 0.15) is 0 Å². The highest BCUT2D eigenvalue weighted by atomic mass is 32.2. The minimum absolute atomic E-state index is 0.660. The molecule has 0 spiro atoms. The standard InChI is InChI=1S/C24H23N3O2S/c1-17-9-7-8-12-20(17)27-23(19-13-14-21(28-2)22(15-19)29-3)25-26-24(27)30-16-18-10-5-4-6-11-18/h4-15H,16H2,1-3H3. The lowest BCUT2D eigenvalue weighted by molar-refractivity contribution is 0.355. The van der Waals surface area contributed by atoms with E-state index in [0.717, 1.165) is 33.5 Å². The van der Waals surface area contributed by atoms with Crippen molar-refractivity contribution in [1.29, 1.82) is 0 Å². The molecule has 0 saturated carbocycles. The Balaban J connectivity index is 1.79. The monoisotopic (exact) mass is 417 g/mol. The number of ether oxygens (including phenoxy) is 2. The van der Waals surface area contributed by atoms with Crippen LogP contribution in [0.25, 0.3) is 17.1 Å². The summed E-state index contributed by atoms with van der Waals surface area (Å²) in [4.78, 5) is 0. The first-order valence-corrected chi connectivity index (χ1v) is 10.6. The Kier molecular flexibility index (Phi) is 6.05. The van der Waals surface area contributed by atoms with Gasteiger partial charge in [-0.05, 0) is 42.3 Å². The maximum Gasteiger partial charge on any atom is 0.196 e. The quantitative estimate of drug-likeness (QED) is 0.369. The molecule has 5 nitrogen and oxygen atoms in total. The molecule has 4 aromatic rings. The van der Waals surface area contributed by atoms with Gasteiger partial charge in [0.05, 0.1) is 19.9 Å². The van der Waals surface area contributed by atoms with Crippen LogP contribution in [0.3, 0.4) is 0 Å². The van der Waals surface area contributed by atoms with E-state index >= 15 is 0 Å². The predicted molar refractivity (Wildman–Crippen MR) is 121 cm³/mol. The largest absolute Gasteiger partial charge is 0.493 e. The molecule has 0 N–H and O–H groups in total. The molecule has 152 valence electrons. The first kappa shape index (κ1) is 20.0. The molecular weight excluding hydrogens is 394 g/mol. The number of nitrogens with zero attached hydrogens (tertiary/aromatic N) is 3. The molecule has 0 bridgehead atoms. The molecule has 0 aliphatic rings. The molecule has 1 aromatic heterocycles. The molecule has 3 aromatic carbocycles. The van der Waals surface area contributed by atoms with Gasteiger partial charge in [-0.25, -0.2) is 0 Å². The fourth-order valence-electron chi connectivity index (χ4n) is 3.28. The van der Waals surface area contributed by atoms with Crippen LogP contribution < -0.4 is 9.47 Å². The van der Waals surface area contributed by atoms with Crippen molar-refractivity contribution >= 4 is 11.8 Å². The average molecular weight is 418 g/mol. The van der Waals surface area contributed by atoms with Crippen LogP contribution in [0.2, 0.25) is 0 Å². The van der Waals surface area contributed by atoms with Crippen LogP contribution in [0.15, 0.2) is 78.0 Å². The van der Waals surface area contributed by atoms with E-state index in [1.54, 1.807) is 26.0 Å². The highest BCUT2D eigenvalue weighted by molar-refractivity contribution is 7.98. The molecular formula is C24H23N3O2S. The Morgan fingerprint density at radius 2 is 1.57 bits per heavy atom. The van der Waals surface area contributed by atoms with Crippen molar-refractivity contribution in [3.63, 3.8) is 0 Å². The predicted octanol–water partition coefficient (Wildman–Crippen LogP) is 5.55. The fourth-order valence-corrected chi connectivity index (χ4v) is 4.18. The Bertz CT molecular complexity index is 1140. The van der Waals surface area contributed by atoms with E-state index in [-0.39, 0.29) is 0 Å². The highest BCUT2D eigenvalue weighted by Gasteiger charge is 2.19. The van der Waals surface area contributed by atoms with Crippen LogP contribution in [0.1, 0.15) is 11.1 Å². The van der Waals surface area contributed by atoms with Crippen LogP contribution in [0, 0.1) is 6.92 Å². The van der Waals surface area contributed by atoms with Gasteiger partial charge in [-0.1, -0.05) is 60.3 Å². The van der Waals surface area contributed by atoms with E-state index in [2.05, 4.69) is 58.1 Å². The fraction of sp³-hybridized carbons (Fsp3) is 0.167. The Labute approximate surface area is 180 Å². The summed E-state index contributed by atoms with van der Waals surface area (Å²) in [5.41, 5.74) is 4.37. The van der Waals surface area contributed by atoms with E-state index < -0.39 is 0 Å². The molecule has 30 heavy (non-hydrogen) atoms. The second kappa shape index (κ2) is 9.05. The number of thioether (sulfide) groups is 1. The topological polar surface area (TPSA) is 49.2 Å². The van der Waals surface area contributed by atoms with Crippen molar-refractivity contribution in [2.24, 2.45) is 0 Å². The summed E-state index contributed by atoms with van der Waals surface area (Å²) in [7, 11) is 3.26. The molecule has 0 amide bonds. The number of methoxy groups -OCH3 is 2. The third kappa shape index (κ3) is 4.04. The van der Waals surface area contributed by atoms with E-state index in [1.807, 2.05) is 36.4 Å². The first-order chi connectivity index (χ1) is 14.7. The van der Waals surface area contributed by atoms with Crippen LogP contribution in [-0.4, -0.2) is 29.0 Å². The molecule has 0 aliphatic heterocycles. The molecule has 0 fully saturated rings. The summed E-state index contributed by atoms with van der Waals surface area (Å²) in [6.07, 6.45) is 0. The number of hydrogen-bond donors (Lipinski definition) is 0. The summed E-state index contributed by atoms with van der Waals surface area (Å²) < 4.78 is 13.0. The molecule has 0 unspecified atom stereocenters. The smallest absolute Gasteiger partial charge is 0.196 e. The van der Waals surface area contributed by atoms with Crippen LogP contribution in [0.4, 0.5) is 0 Å². The van der Waals surface area contributed by atoms with Gasteiger partial charge < -0.3 is 9.47 Å². The summed E-state index contributed by atoms with van der Waals surface area (Å²) in [5, 5.41) is 9.92. The maximum absolute atomic E-state index is 5.49. The highest BCUT2D eigenvalue weighted by Crippen LogP contribution is 2.35. The second-order valence-corrected chi connectivity index (χ2v) is 7.71. The SMILES string of the molecule is COc1ccc(-c2nnc(SCc3ccccc3)n2-c2ccccc2C)cc1OC. The Morgan fingerprint density at radius 3 is 2.30 bits per heavy atom. The number of rotatable bonds is 7. The van der Waals surface area contributed by atoms with Crippen molar-refractivity contribution in [2.75, 3.05) is 14.2 Å². The zero-order valence-corrected chi connectivity index (χ0v) is 18.0. The minimum atomic E-state index is 0.660. The first-order valence-electron chi connectivity index (χ1n) is 9.62. The van der Waals surface area contributed by atoms with Gasteiger partial charge >= 0.3 is 0 Å². The van der Waals surface area contributed by atoms with Crippen molar-refractivity contribution in [3.05, 3.63) is 83.9 Å². The van der Waals surface area contributed by atoms with Crippen molar-refractivity contribution < 1.29 is 9.47 Å². The van der Waals surface area contributed by atoms with Gasteiger partial charge in [0.15, 0.2) is 22.5 Å². The van der Waals surface area contributed by atoms with Gasteiger partial charge in [-0.2, -0.15) is 0 Å². The Hall–Kier alpha value is -3.25. The van der Waals surface area contributed by atoms with Crippen LogP contribution >= 0.6 is 11.8 Å². The second-order valence-electron chi connectivity index (χ2n) is 6.77. The van der Waals surface area contributed by atoms with Gasteiger partial charge in [0.25, 0.3) is 0 Å². The van der Waals surface area contributed by atoms with Gasteiger partial charge in [-0.15, -0.1) is 10.2 Å². The van der Waals surface area contributed by atoms with Crippen molar-refractivity contribution in [1.82, 2.24) is 14.8 Å². The number of hydrogen-bond acceptors (Lipinski definition) is 5. The molecule has 0 radical (unpaired) electrons. The number of para-hydroxylation sites is 1. The summed E-state index contributed by atoms with van der Waals surface area (Å²) in [5.74, 6) is 2.92. The third-order valence-corrected chi connectivity index (χ3v) is 5.84. The van der Waals surface area contributed by atoms with Gasteiger partial charge in [-0.3, -0.25) is 4.57 Å². The number of aromatic nitrogens is 3. The lowest BCUT2D eigenvalue weighted by atomic mass is 10.1. The molecule has 0 atom stereocenters. The third-order valence-electron chi connectivity index (χ3n) is 4.84. The van der Waals surface area contributed by atoms with Crippen LogP contribution in [0.5, 0.6) is 11.5 Å². The molecule has 1 heterocycles. The zero-order valence-electron chi connectivity index (χ0n) is 17.2. The van der Waals surface area contributed by atoms with E-state index in [0.29, 0.717) is 11.5 Å². The number of benzene rings is 3. The number of aryl methyl sites for hydroxylation is 1. The Morgan fingerprint density at radius 1 is 0.833 bits per heavy atom. The molecule has 6 heteroatoms. The van der Waals surface area contributed by atoms with Crippen LogP contribution in [-0.2, 0) is 5.75 Å². The molecule has 0 aliphatic carbocycles. The summed E-state index contributed by atoms with van der Waals surface area (Å²) >= 11 is 1.67. The van der Waals surface area contributed by atoms with Crippen molar-refractivity contribution in [3.8, 4) is 28.6 Å². The summed E-state index contributed by atoms with van der Waals surface area (Å²) in [6, 6.07) is 24.4. The summed E-state index contributed by atoms with van der Waals surface area (Å²) in [6.45, 7) is 2.10. The maximum atomic E-state index is 5.49. The van der Waals surface area contributed by atoms with E-state index in [9.17, 15) is 0 Å². The zero-order chi connectivity index (χ0) is 20.9. The molecule has 4 rings (SSSR count). The lowest BCUT2D eigenvalue weighted by Crippen LogP contribution is -2.02. The van der Waals surface area contributed by atoms with Gasteiger partial charge in [0.2, 0.25) is 0 Å². The minimum Gasteiger partial charge on any atom is -0.493 e. The van der Waals surface area contributed by atoms with E-state index in [4.69, 9.17) is 9.47 Å². The average Bonchev–Trinajstić information content (AvgIpc) is 3.22. The molecule has 0 saturated heterocycles. The lowest BCUT2D eigenvalue weighted by Gasteiger charge is -2.14. The van der Waals surface area contributed by atoms with Gasteiger partial charge in [0, 0.05) is 11.3 Å².